The summed E-state index contributed by atoms with van der Waals surface area (Å²) in [6, 6.07) is 0. The Morgan fingerprint density at radius 1 is 1.50 bits per heavy atom. The summed E-state index contributed by atoms with van der Waals surface area (Å²) in [5.74, 6) is 0.732. The van der Waals surface area contributed by atoms with Gasteiger partial charge in [-0.1, -0.05) is 20.3 Å². The molecule has 90 valence electrons. The van der Waals surface area contributed by atoms with Crippen molar-refractivity contribution >= 4 is 0 Å². The van der Waals surface area contributed by atoms with Crippen LogP contribution in [0.4, 0.5) is 0 Å². The molecule has 16 heavy (non-hydrogen) atoms. The third-order valence-corrected chi connectivity index (χ3v) is 3.58. The van der Waals surface area contributed by atoms with Gasteiger partial charge in [0, 0.05) is 24.5 Å². The Hall–Kier alpha value is -0.760. The van der Waals surface area contributed by atoms with Crippen LogP contribution in [-0.4, -0.2) is 9.67 Å². The smallest absolute Gasteiger partial charge is 0.0807 e. The van der Waals surface area contributed by atoms with Crippen molar-refractivity contribution in [2.75, 3.05) is 0 Å². The van der Waals surface area contributed by atoms with Crippen molar-refractivity contribution in [2.45, 2.75) is 58.6 Å². The summed E-state index contributed by atoms with van der Waals surface area (Å²) in [5.41, 5.74) is 2.54. The Balaban J connectivity index is 2.06. The molecule has 2 heteroatoms. The van der Waals surface area contributed by atoms with E-state index in [9.17, 15) is 5.11 Å². The third-order valence-electron chi connectivity index (χ3n) is 3.58. The van der Waals surface area contributed by atoms with E-state index in [-0.39, 0.29) is 6.10 Å². The molecule has 2 nitrogen and oxygen atoms in total. The van der Waals surface area contributed by atoms with Crippen LogP contribution in [0.15, 0.2) is 12.4 Å². The average Bonchev–Trinajstić information content (AvgIpc) is 2.62. The van der Waals surface area contributed by atoms with Gasteiger partial charge >= 0.3 is 0 Å². The van der Waals surface area contributed by atoms with E-state index in [0.29, 0.717) is 0 Å². The number of aliphatic hydroxyl groups is 1. The molecule has 0 saturated carbocycles. The van der Waals surface area contributed by atoms with Gasteiger partial charge in [-0.15, -0.1) is 0 Å². The summed E-state index contributed by atoms with van der Waals surface area (Å²) < 4.78 is 2.28. The lowest BCUT2D eigenvalue weighted by atomic mass is 9.93. The molecular formula is C14H23NO. The third kappa shape index (κ3) is 2.49. The van der Waals surface area contributed by atoms with E-state index in [4.69, 9.17) is 0 Å². The van der Waals surface area contributed by atoms with Crippen LogP contribution in [0.1, 0.15) is 56.8 Å². The zero-order valence-corrected chi connectivity index (χ0v) is 10.4. The lowest BCUT2D eigenvalue weighted by Crippen LogP contribution is -2.06. The second kappa shape index (κ2) is 5.05. The van der Waals surface area contributed by atoms with E-state index in [1.54, 1.807) is 0 Å². The van der Waals surface area contributed by atoms with E-state index in [0.717, 1.165) is 31.7 Å². The molecule has 0 amide bonds. The van der Waals surface area contributed by atoms with Crippen molar-refractivity contribution in [2.24, 2.45) is 5.92 Å². The summed E-state index contributed by atoms with van der Waals surface area (Å²) in [6.45, 7) is 5.63. The lowest BCUT2D eigenvalue weighted by Gasteiger charge is -2.16. The zero-order valence-electron chi connectivity index (χ0n) is 10.4. The number of hydrogen-bond acceptors (Lipinski definition) is 1. The van der Waals surface area contributed by atoms with Crippen LogP contribution in [0.2, 0.25) is 0 Å². The molecule has 1 aromatic heterocycles. The number of fused-ring (bicyclic) bond motifs is 1. The van der Waals surface area contributed by atoms with Crippen molar-refractivity contribution < 1.29 is 5.11 Å². The number of hydrogen-bond donors (Lipinski definition) is 1. The second-order valence-electron chi connectivity index (χ2n) is 5.24. The minimum Gasteiger partial charge on any atom is -0.388 e. The number of aromatic nitrogens is 1. The van der Waals surface area contributed by atoms with E-state index < -0.39 is 0 Å². The Labute approximate surface area is 98.3 Å². The summed E-state index contributed by atoms with van der Waals surface area (Å²) in [7, 11) is 0. The monoisotopic (exact) mass is 221 g/mol. The van der Waals surface area contributed by atoms with Crippen molar-refractivity contribution in [3.05, 3.63) is 23.5 Å². The average molecular weight is 221 g/mol. The molecule has 2 rings (SSSR count). The Morgan fingerprint density at radius 3 is 3.00 bits per heavy atom. The van der Waals surface area contributed by atoms with Gasteiger partial charge < -0.3 is 9.67 Å². The molecule has 1 aliphatic rings. The molecule has 0 saturated heterocycles. The highest BCUT2D eigenvalue weighted by atomic mass is 16.3. The quantitative estimate of drug-likeness (QED) is 0.829. The Kier molecular flexibility index (Phi) is 3.70. The minimum atomic E-state index is -0.216. The first-order valence-electron chi connectivity index (χ1n) is 6.57. The maximum Gasteiger partial charge on any atom is 0.0807 e. The van der Waals surface area contributed by atoms with Crippen molar-refractivity contribution in [3.8, 4) is 0 Å². The molecule has 0 fully saturated rings. The summed E-state index contributed by atoms with van der Waals surface area (Å²) >= 11 is 0. The molecular weight excluding hydrogens is 198 g/mol. The van der Waals surface area contributed by atoms with Gasteiger partial charge in [0.05, 0.1) is 6.10 Å². The summed E-state index contributed by atoms with van der Waals surface area (Å²) in [4.78, 5) is 0. The lowest BCUT2D eigenvalue weighted by molar-refractivity contribution is 0.157. The van der Waals surface area contributed by atoms with Crippen LogP contribution >= 0.6 is 0 Å². The van der Waals surface area contributed by atoms with Crippen LogP contribution in [0.25, 0.3) is 0 Å². The van der Waals surface area contributed by atoms with Gasteiger partial charge in [0.1, 0.15) is 0 Å². The van der Waals surface area contributed by atoms with E-state index in [2.05, 4.69) is 30.8 Å². The minimum absolute atomic E-state index is 0.216. The topological polar surface area (TPSA) is 25.2 Å². The van der Waals surface area contributed by atoms with Gasteiger partial charge in [-0.05, 0) is 37.2 Å². The molecule has 1 N–H and O–H groups in total. The first-order valence-corrected chi connectivity index (χ1v) is 6.57. The molecule has 2 unspecified atom stereocenters. The van der Waals surface area contributed by atoms with E-state index >= 15 is 0 Å². The molecule has 1 aromatic rings. The fraction of sp³-hybridized carbons (Fsp3) is 0.714. The standard InChI is InChI=1S/C14H23NO/c1-3-5-11(2)8-15-9-12-6-4-7-14(16)13(12)10-15/h9-11,14,16H,3-8H2,1-2H3. The Morgan fingerprint density at radius 2 is 2.31 bits per heavy atom. The number of rotatable bonds is 4. The highest BCUT2D eigenvalue weighted by Crippen LogP contribution is 2.30. The fourth-order valence-corrected chi connectivity index (χ4v) is 2.77. The van der Waals surface area contributed by atoms with Crippen LogP contribution < -0.4 is 0 Å². The molecule has 0 bridgehead atoms. The fourth-order valence-electron chi connectivity index (χ4n) is 2.77. The van der Waals surface area contributed by atoms with Gasteiger partial charge in [0.2, 0.25) is 0 Å². The SMILES string of the molecule is CCCC(C)Cn1cc2c(c1)C(O)CCC2. The second-order valence-corrected chi connectivity index (χ2v) is 5.24. The highest BCUT2D eigenvalue weighted by molar-refractivity contribution is 5.28. The maximum atomic E-state index is 9.90. The largest absolute Gasteiger partial charge is 0.388 e. The van der Waals surface area contributed by atoms with Crippen molar-refractivity contribution in [1.82, 2.24) is 4.57 Å². The van der Waals surface area contributed by atoms with Gasteiger partial charge in [-0.2, -0.15) is 0 Å². The molecule has 0 aliphatic heterocycles. The van der Waals surface area contributed by atoms with Gasteiger partial charge in [0.25, 0.3) is 0 Å². The molecule has 0 radical (unpaired) electrons. The first-order chi connectivity index (χ1) is 7.70. The molecule has 1 heterocycles. The highest BCUT2D eigenvalue weighted by Gasteiger charge is 2.19. The normalized spacial score (nSPS) is 21.8. The number of aryl methyl sites for hydroxylation is 1. The molecule has 1 aliphatic carbocycles. The van der Waals surface area contributed by atoms with Crippen LogP contribution in [-0.2, 0) is 13.0 Å². The predicted molar refractivity (Wildman–Crippen MR) is 66.4 cm³/mol. The van der Waals surface area contributed by atoms with Crippen LogP contribution in [0, 0.1) is 5.92 Å². The van der Waals surface area contributed by atoms with Crippen molar-refractivity contribution in [3.63, 3.8) is 0 Å². The number of nitrogens with zero attached hydrogens (tertiary/aromatic N) is 1. The van der Waals surface area contributed by atoms with E-state index in [1.165, 1.54) is 24.0 Å². The molecule has 0 spiro atoms. The van der Waals surface area contributed by atoms with Gasteiger partial charge in [0.15, 0.2) is 0 Å². The molecule has 2 atom stereocenters. The maximum absolute atomic E-state index is 9.90. The molecule has 0 aromatic carbocycles. The number of aliphatic hydroxyl groups excluding tert-OH is 1. The van der Waals surface area contributed by atoms with Crippen LogP contribution in [0.5, 0.6) is 0 Å². The van der Waals surface area contributed by atoms with E-state index in [1.807, 2.05) is 0 Å². The Bertz CT molecular complexity index is 343. The van der Waals surface area contributed by atoms with Crippen LogP contribution in [0.3, 0.4) is 0 Å². The predicted octanol–water partition coefficient (Wildman–Crippen LogP) is 3.29. The summed E-state index contributed by atoms with van der Waals surface area (Å²) in [5, 5.41) is 9.90. The zero-order chi connectivity index (χ0) is 11.5. The van der Waals surface area contributed by atoms with Gasteiger partial charge in [-0.25, -0.2) is 0 Å². The first kappa shape index (κ1) is 11.7. The van der Waals surface area contributed by atoms with Crippen molar-refractivity contribution in [1.29, 1.82) is 0 Å². The van der Waals surface area contributed by atoms with Gasteiger partial charge in [-0.3, -0.25) is 0 Å². The summed E-state index contributed by atoms with van der Waals surface area (Å²) in [6.07, 6.45) is 9.92.